The summed E-state index contributed by atoms with van der Waals surface area (Å²) >= 11 is 0. The average molecular weight is 276 g/mol. The van der Waals surface area contributed by atoms with Crippen molar-refractivity contribution in [1.29, 1.82) is 0 Å². The molecule has 1 rings (SSSR count). The highest BCUT2D eigenvalue weighted by Gasteiger charge is 2.02. The molecule has 112 valence electrons. The Labute approximate surface area is 123 Å². The number of nitrogens with zero attached hydrogens (tertiary/aromatic N) is 2. The smallest absolute Gasteiger partial charge is 0.118 e. The first-order chi connectivity index (χ1) is 9.69. The zero-order valence-electron chi connectivity index (χ0n) is 13.3. The number of hydrogen-bond acceptors (Lipinski definition) is 3. The van der Waals surface area contributed by atoms with E-state index in [1.165, 1.54) is 13.0 Å². The van der Waals surface area contributed by atoms with Crippen LogP contribution in [0.2, 0.25) is 0 Å². The van der Waals surface area contributed by atoms with Gasteiger partial charge in [0.1, 0.15) is 5.75 Å². The van der Waals surface area contributed by atoms with Crippen LogP contribution in [0.4, 0.5) is 0 Å². The third kappa shape index (κ3) is 6.20. The third-order valence-corrected chi connectivity index (χ3v) is 3.58. The molecule has 0 bridgehead atoms. The SMILES string of the molecule is CCN(CC)CCCC(C)N=Cc1ccc(OC)cc1. The molecule has 3 heteroatoms. The lowest BCUT2D eigenvalue weighted by Crippen LogP contribution is -2.24. The van der Waals surface area contributed by atoms with E-state index in [1.54, 1.807) is 7.11 Å². The van der Waals surface area contributed by atoms with Gasteiger partial charge in [-0.25, -0.2) is 0 Å². The molecule has 20 heavy (non-hydrogen) atoms. The number of benzene rings is 1. The van der Waals surface area contributed by atoms with Crippen molar-refractivity contribution >= 4 is 6.21 Å². The number of ether oxygens (including phenoxy) is 1. The number of hydrogen-bond donors (Lipinski definition) is 0. The van der Waals surface area contributed by atoms with Crippen LogP contribution in [-0.2, 0) is 0 Å². The standard InChI is InChI=1S/C17H28N2O/c1-5-19(6-2)13-7-8-15(3)18-14-16-9-11-17(20-4)12-10-16/h9-12,14-15H,5-8,13H2,1-4H3. The quantitative estimate of drug-likeness (QED) is 0.643. The van der Waals surface area contributed by atoms with Gasteiger partial charge in [0.25, 0.3) is 0 Å². The van der Waals surface area contributed by atoms with Crippen LogP contribution >= 0.6 is 0 Å². The summed E-state index contributed by atoms with van der Waals surface area (Å²) in [7, 11) is 1.68. The van der Waals surface area contributed by atoms with Gasteiger partial charge in [0.15, 0.2) is 0 Å². The summed E-state index contributed by atoms with van der Waals surface area (Å²) in [6.45, 7) is 10.1. The van der Waals surface area contributed by atoms with Crippen molar-refractivity contribution in [1.82, 2.24) is 4.90 Å². The maximum atomic E-state index is 5.14. The average Bonchev–Trinajstić information content (AvgIpc) is 2.50. The molecule has 1 unspecified atom stereocenters. The molecule has 0 spiro atoms. The Morgan fingerprint density at radius 3 is 2.40 bits per heavy atom. The van der Waals surface area contributed by atoms with Gasteiger partial charge in [0.2, 0.25) is 0 Å². The fourth-order valence-electron chi connectivity index (χ4n) is 2.13. The highest BCUT2D eigenvalue weighted by Crippen LogP contribution is 2.10. The molecular weight excluding hydrogens is 248 g/mol. The molecule has 1 aromatic carbocycles. The summed E-state index contributed by atoms with van der Waals surface area (Å²) in [6, 6.07) is 8.38. The minimum absolute atomic E-state index is 0.382. The fraction of sp³-hybridized carbons (Fsp3) is 0.588. The zero-order valence-corrected chi connectivity index (χ0v) is 13.3. The Morgan fingerprint density at radius 2 is 1.85 bits per heavy atom. The normalized spacial score (nSPS) is 13.1. The summed E-state index contributed by atoms with van der Waals surface area (Å²) in [5, 5.41) is 0. The van der Waals surface area contributed by atoms with Gasteiger partial charge in [-0.1, -0.05) is 13.8 Å². The Balaban J connectivity index is 2.33. The van der Waals surface area contributed by atoms with E-state index in [2.05, 4.69) is 30.7 Å². The predicted molar refractivity (Wildman–Crippen MR) is 87.1 cm³/mol. The van der Waals surface area contributed by atoms with Gasteiger partial charge in [0, 0.05) is 12.3 Å². The molecule has 0 saturated heterocycles. The van der Waals surface area contributed by atoms with E-state index in [1.807, 2.05) is 30.5 Å². The number of rotatable bonds is 9. The Kier molecular flexibility index (Phi) is 7.97. The molecular formula is C17H28N2O. The van der Waals surface area contributed by atoms with Gasteiger partial charge in [-0.05, 0) is 69.2 Å². The largest absolute Gasteiger partial charge is 0.497 e. The van der Waals surface area contributed by atoms with E-state index in [0.717, 1.165) is 30.8 Å². The lowest BCUT2D eigenvalue weighted by molar-refractivity contribution is 0.294. The minimum Gasteiger partial charge on any atom is -0.497 e. The highest BCUT2D eigenvalue weighted by atomic mass is 16.5. The maximum absolute atomic E-state index is 5.14. The first-order valence-electron chi connectivity index (χ1n) is 7.59. The van der Waals surface area contributed by atoms with Gasteiger partial charge in [-0.3, -0.25) is 4.99 Å². The highest BCUT2D eigenvalue weighted by molar-refractivity contribution is 5.79. The van der Waals surface area contributed by atoms with Crippen LogP contribution in [0.3, 0.4) is 0 Å². The second kappa shape index (κ2) is 9.54. The van der Waals surface area contributed by atoms with Crippen LogP contribution in [0.15, 0.2) is 29.3 Å². The second-order valence-corrected chi connectivity index (χ2v) is 5.07. The van der Waals surface area contributed by atoms with E-state index < -0.39 is 0 Å². The van der Waals surface area contributed by atoms with Crippen LogP contribution in [-0.4, -0.2) is 43.9 Å². The van der Waals surface area contributed by atoms with E-state index in [0.29, 0.717) is 6.04 Å². The van der Waals surface area contributed by atoms with Crippen LogP contribution < -0.4 is 4.74 Å². The molecule has 1 atom stereocenters. The maximum Gasteiger partial charge on any atom is 0.118 e. The van der Waals surface area contributed by atoms with Crippen LogP contribution in [0.25, 0.3) is 0 Å². The van der Waals surface area contributed by atoms with Crippen molar-refractivity contribution < 1.29 is 4.74 Å². The first kappa shape index (κ1) is 16.7. The summed E-state index contributed by atoms with van der Waals surface area (Å²) in [4.78, 5) is 7.07. The van der Waals surface area contributed by atoms with Crippen molar-refractivity contribution in [2.75, 3.05) is 26.7 Å². The minimum atomic E-state index is 0.382. The molecule has 0 heterocycles. The summed E-state index contributed by atoms with van der Waals surface area (Å²) in [5.41, 5.74) is 1.13. The van der Waals surface area contributed by atoms with Crippen molar-refractivity contribution in [3.05, 3.63) is 29.8 Å². The lowest BCUT2D eigenvalue weighted by Gasteiger charge is -2.18. The van der Waals surface area contributed by atoms with Gasteiger partial charge in [-0.2, -0.15) is 0 Å². The molecule has 0 radical (unpaired) electrons. The van der Waals surface area contributed by atoms with Crippen molar-refractivity contribution in [3.8, 4) is 5.75 Å². The molecule has 0 aromatic heterocycles. The van der Waals surface area contributed by atoms with Crippen LogP contribution in [0.1, 0.15) is 39.2 Å². The Bertz CT molecular complexity index is 382. The van der Waals surface area contributed by atoms with Crippen LogP contribution in [0, 0.1) is 0 Å². The Morgan fingerprint density at radius 1 is 1.20 bits per heavy atom. The van der Waals surface area contributed by atoms with Crippen molar-refractivity contribution in [3.63, 3.8) is 0 Å². The van der Waals surface area contributed by atoms with Gasteiger partial charge >= 0.3 is 0 Å². The van der Waals surface area contributed by atoms with E-state index in [9.17, 15) is 0 Å². The van der Waals surface area contributed by atoms with Crippen molar-refractivity contribution in [2.45, 2.75) is 39.7 Å². The third-order valence-electron chi connectivity index (χ3n) is 3.58. The lowest BCUT2D eigenvalue weighted by atomic mass is 10.1. The van der Waals surface area contributed by atoms with Gasteiger partial charge in [-0.15, -0.1) is 0 Å². The molecule has 0 amide bonds. The molecule has 0 aliphatic heterocycles. The van der Waals surface area contributed by atoms with Gasteiger partial charge < -0.3 is 9.64 Å². The molecule has 0 N–H and O–H groups in total. The molecule has 3 nitrogen and oxygen atoms in total. The van der Waals surface area contributed by atoms with E-state index >= 15 is 0 Å². The Hall–Kier alpha value is -1.35. The molecule has 0 fully saturated rings. The molecule has 0 saturated carbocycles. The summed E-state index contributed by atoms with van der Waals surface area (Å²) < 4.78 is 5.14. The van der Waals surface area contributed by atoms with E-state index in [-0.39, 0.29) is 0 Å². The second-order valence-electron chi connectivity index (χ2n) is 5.07. The molecule has 0 aliphatic rings. The predicted octanol–water partition coefficient (Wildman–Crippen LogP) is 3.62. The fourth-order valence-corrected chi connectivity index (χ4v) is 2.13. The summed E-state index contributed by atoms with van der Waals surface area (Å²) in [6.07, 6.45) is 4.31. The first-order valence-corrected chi connectivity index (χ1v) is 7.59. The number of methoxy groups -OCH3 is 1. The van der Waals surface area contributed by atoms with E-state index in [4.69, 9.17) is 4.74 Å². The molecule has 1 aromatic rings. The topological polar surface area (TPSA) is 24.8 Å². The monoisotopic (exact) mass is 276 g/mol. The van der Waals surface area contributed by atoms with Gasteiger partial charge in [0.05, 0.1) is 7.11 Å². The van der Waals surface area contributed by atoms with Crippen molar-refractivity contribution in [2.24, 2.45) is 4.99 Å². The summed E-state index contributed by atoms with van der Waals surface area (Å²) in [5.74, 6) is 0.884. The zero-order chi connectivity index (χ0) is 14.8. The number of aliphatic imine (C=N–C) groups is 1. The molecule has 0 aliphatic carbocycles. The van der Waals surface area contributed by atoms with Crippen LogP contribution in [0.5, 0.6) is 5.75 Å².